The topological polar surface area (TPSA) is 49.4 Å². The molecule has 0 spiro atoms. The van der Waals surface area contributed by atoms with Crippen molar-refractivity contribution in [2.75, 3.05) is 32.9 Å². The van der Waals surface area contributed by atoms with Gasteiger partial charge < -0.3 is 5.32 Å². The van der Waals surface area contributed by atoms with E-state index in [0.717, 1.165) is 7.05 Å². The molecule has 15 heavy (non-hydrogen) atoms. The Balaban J connectivity index is 4.21. The van der Waals surface area contributed by atoms with E-state index in [9.17, 15) is 21.6 Å². The van der Waals surface area contributed by atoms with Gasteiger partial charge in [0, 0.05) is 7.05 Å². The second-order valence-corrected chi connectivity index (χ2v) is 5.34. The van der Waals surface area contributed by atoms with E-state index in [4.69, 9.17) is 0 Å². The molecule has 0 saturated heterocycles. The summed E-state index contributed by atoms with van der Waals surface area (Å²) in [4.78, 5) is 0. The van der Waals surface area contributed by atoms with Crippen molar-refractivity contribution in [1.82, 2.24) is 9.62 Å². The molecular weight excluding hydrogens is 233 g/mol. The SMILES string of the molecule is CNCCCS(=O)(=O)N(C)CC(F)(F)F. The highest BCUT2D eigenvalue weighted by atomic mass is 32.2. The van der Waals surface area contributed by atoms with Gasteiger partial charge in [-0.05, 0) is 20.0 Å². The summed E-state index contributed by atoms with van der Waals surface area (Å²) in [5, 5.41) is 2.72. The fourth-order valence-electron chi connectivity index (χ4n) is 0.938. The first-order valence-corrected chi connectivity index (χ1v) is 5.95. The van der Waals surface area contributed by atoms with Gasteiger partial charge in [-0.25, -0.2) is 8.42 Å². The summed E-state index contributed by atoms with van der Waals surface area (Å²) >= 11 is 0. The lowest BCUT2D eigenvalue weighted by Crippen LogP contribution is -2.37. The first-order valence-electron chi connectivity index (χ1n) is 4.34. The van der Waals surface area contributed by atoms with E-state index >= 15 is 0 Å². The molecule has 0 fully saturated rings. The van der Waals surface area contributed by atoms with Crippen LogP contribution in [0.3, 0.4) is 0 Å². The van der Waals surface area contributed by atoms with Crippen LogP contribution in [0.1, 0.15) is 6.42 Å². The molecular formula is C7H15F3N2O2S. The monoisotopic (exact) mass is 248 g/mol. The van der Waals surface area contributed by atoms with E-state index in [1.165, 1.54) is 0 Å². The van der Waals surface area contributed by atoms with Crippen molar-refractivity contribution < 1.29 is 21.6 Å². The minimum absolute atomic E-state index is 0.277. The molecule has 4 nitrogen and oxygen atoms in total. The van der Waals surface area contributed by atoms with Gasteiger partial charge in [-0.3, -0.25) is 0 Å². The molecule has 0 unspecified atom stereocenters. The third-order valence-electron chi connectivity index (χ3n) is 1.71. The fourth-order valence-corrected chi connectivity index (χ4v) is 2.10. The molecule has 8 heteroatoms. The van der Waals surface area contributed by atoms with Crippen LogP contribution in [0.25, 0.3) is 0 Å². The van der Waals surface area contributed by atoms with Crippen molar-refractivity contribution in [2.24, 2.45) is 0 Å². The van der Waals surface area contributed by atoms with Crippen LogP contribution in [-0.4, -0.2) is 51.8 Å². The van der Waals surface area contributed by atoms with Crippen LogP contribution in [0.15, 0.2) is 0 Å². The molecule has 92 valence electrons. The zero-order chi connectivity index (χ0) is 12.1. The smallest absolute Gasteiger partial charge is 0.320 e. The second-order valence-electron chi connectivity index (χ2n) is 3.14. The van der Waals surface area contributed by atoms with Crippen LogP contribution >= 0.6 is 0 Å². The van der Waals surface area contributed by atoms with E-state index in [-0.39, 0.29) is 5.75 Å². The highest BCUT2D eigenvalue weighted by molar-refractivity contribution is 7.89. The van der Waals surface area contributed by atoms with Gasteiger partial charge in [-0.15, -0.1) is 0 Å². The van der Waals surface area contributed by atoms with Gasteiger partial charge in [-0.1, -0.05) is 0 Å². The number of sulfonamides is 1. The number of hydrogen-bond acceptors (Lipinski definition) is 3. The summed E-state index contributed by atoms with van der Waals surface area (Å²) in [5.74, 6) is -0.277. The number of nitrogens with one attached hydrogen (secondary N) is 1. The third-order valence-corrected chi connectivity index (χ3v) is 3.59. The minimum atomic E-state index is -4.50. The molecule has 0 aliphatic heterocycles. The molecule has 0 rings (SSSR count). The molecule has 0 radical (unpaired) electrons. The maximum atomic E-state index is 11.9. The van der Waals surface area contributed by atoms with E-state index in [1.54, 1.807) is 7.05 Å². The molecule has 0 aromatic rings. The Kier molecular flexibility index (Phi) is 5.54. The lowest BCUT2D eigenvalue weighted by atomic mass is 10.5. The largest absolute Gasteiger partial charge is 0.402 e. The summed E-state index contributed by atoms with van der Waals surface area (Å²) in [6.45, 7) is -0.978. The number of rotatable bonds is 6. The van der Waals surface area contributed by atoms with Crippen LogP contribution in [-0.2, 0) is 10.0 Å². The van der Waals surface area contributed by atoms with Gasteiger partial charge in [-0.2, -0.15) is 17.5 Å². The summed E-state index contributed by atoms with van der Waals surface area (Å²) < 4.78 is 58.6. The summed E-state index contributed by atoms with van der Waals surface area (Å²) in [6.07, 6.45) is -4.20. The summed E-state index contributed by atoms with van der Waals surface area (Å²) in [7, 11) is -1.21. The van der Waals surface area contributed by atoms with Crippen LogP contribution < -0.4 is 5.32 Å². The molecule has 1 N–H and O–H groups in total. The van der Waals surface area contributed by atoms with E-state index in [0.29, 0.717) is 17.3 Å². The van der Waals surface area contributed by atoms with Crippen molar-refractivity contribution in [1.29, 1.82) is 0 Å². The van der Waals surface area contributed by atoms with Crippen LogP contribution in [0.5, 0.6) is 0 Å². The lowest BCUT2D eigenvalue weighted by Gasteiger charge is -2.18. The van der Waals surface area contributed by atoms with Crippen LogP contribution in [0.4, 0.5) is 13.2 Å². The Bertz CT molecular complexity index is 276. The Morgan fingerprint density at radius 3 is 2.27 bits per heavy atom. The third kappa shape index (κ3) is 6.69. The quantitative estimate of drug-likeness (QED) is 0.693. The maximum Gasteiger partial charge on any atom is 0.402 e. The molecule has 0 atom stereocenters. The van der Waals surface area contributed by atoms with E-state index < -0.39 is 22.7 Å². The first-order chi connectivity index (χ1) is 6.69. The highest BCUT2D eigenvalue weighted by Gasteiger charge is 2.33. The van der Waals surface area contributed by atoms with Gasteiger partial charge >= 0.3 is 6.18 Å². The molecule has 0 saturated carbocycles. The highest BCUT2D eigenvalue weighted by Crippen LogP contribution is 2.17. The normalized spacial score (nSPS) is 13.5. The molecule has 0 aromatic heterocycles. The van der Waals surface area contributed by atoms with Crippen molar-refractivity contribution in [3.63, 3.8) is 0 Å². The van der Waals surface area contributed by atoms with Crippen LogP contribution in [0.2, 0.25) is 0 Å². The molecule has 0 aliphatic carbocycles. The standard InChI is InChI=1S/C7H15F3N2O2S/c1-11-4-3-5-15(13,14)12(2)6-7(8,9)10/h11H,3-6H2,1-2H3. The predicted octanol–water partition coefficient (Wildman–Crippen LogP) is 0.420. The lowest BCUT2D eigenvalue weighted by molar-refractivity contribution is -0.134. The summed E-state index contributed by atoms with van der Waals surface area (Å²) in [5.41, 5.74) is 0. The molecule has 0 heterocycles. The van der Waals surface area contributed by atoms with Gasteiger partial charge in [0.15, 0.2) is 0 Å². The van der Waals surface area contributed by atoms with Crippen molar-refractivity contribution in [3.8, 4) is 0 Å². The number of hydrogen-bond donors (Lipinski definition) is 1. The van der Waals surface area contributed by atoms with Crippen molar-refractivity contribution in [3.05, 3.63) is 0 Å². The van der Waals surface area contributed by atoms with Gasteiger partial charge in [0.05, 0.1) is 5.75 Å². The summed E-state index contributed by atoms with van der Waals surface area (Å²) in [6, 6.07) is 0. The zero-order valence-electron chi connectivity index (χ0n) is 8.63. The second kappa shape index (κ2) is 5.66. The number of alkyl halides is 3. The predicted molar refractivity (Wildman–Crippen MR) is 51.0 cm³/mol. The number of nitrogens with zero attached hydrogens (tertiary/aromatic N) is 1. The Morgan fingerprint density at radius 1 is 1.33 bits per heavy atom. The van der Waals surface area contributed by atoms with E-state index in [2.05, 4.69) is 5.32 Å². The Hall–Kier alpha value is -0.340. The molecule has 0 bridgehead atoms. The maximum absolute atomic E-state index is 11.9. The van der Waals surface area contributed by atoms with Crippen molar-refractivity contribution in [2.45, 2.75) is 12.6 Å². The fraction of sp³-hybridized carbons (Fsp3) is 1.00. The van der Waals surface area contributed by atoms with Crippen LogP contribution in [0, 0.1) is 0 Å². The molecule has 0 aromatic carbocycles. The van der Waals surface area contributed by atoms with Gasteiger partial charge in [0.25, 0.3) is 0 Å². The zero-order valence-corrected chi connectivity index (χ0v) is 9.45. The first kappa shape index (κ1) is 14.7. The Labute approximate surface area is 87.5 Å². The average molecular weight is 248 g/mol. The van der Waals surface area contributed by atoms with Gasteiger partial charge in [0.2, 0.25) is 10.0 Å². The van der Waals surface area contributed by atoms with Gasteiger partial charge in [0.1, 0.15) is 6.54 Å². The molecule has 0 aliphatic rings. The average Bonchev–Trinajstić information content (AvgIpc) is 2.01. The number of halogens is 3. The van der Waals surface area contributed by atoms with E-state index in [1.807, 2.05) is 0 Å². The minimum Gasteiger partial charge on any atom is -0.320 e. The Morgan fingerprint density at radius 2 is 1.87 bits per heavy atom. The molecule has 0 amide bonds. The van der Waals surface area contributed by atoms with Crippen molar-refractivity contribution >= 4 is 10.0 Å².